The van der Waals surface area contributed by atoms with Gasteiger partial charge in [-0.3, -0.25) is 9.69 Å². The molecule has 0 spiro atoms. The summed E-state index contributed by atoms with van der Waals surface area (Å²) in [6.45, 7) is 1.41. The van der Waals surface area contributed by atoms with Crippen molar-refractivity contribution in [2.75, 3.05) is 25.5 Å². The number of rotatable bonds is 8. The summed E-state index contributed by atoms with van der Waals surface area (Å²) >= 11 is 7.05. The first-order valence-electron chi connectivity index (χ1n) is 8.46. The van der Waals surface area contributed by atoms with Crippen LogP contribution >= 0.6 is 22.9 Å². The maximum absolute atomic E-state index is 13.5. The Morgan fingerprint density at radius 3 is 2.71 bits per heavy atom. The molecule has 146 valence electrons. The van der Waals surface area contributed by atoms with E-state index in [9.17, 15) is 9.18 Å². The van der Waals surface area contributed by atoms with Crippen molar-refractivity contribution in [3.05, 3.63) is 69.4 Å². The van der Waals surface area contributed by atoms with Crippen LogP contribution in [0.3, 0.4) is 0 Å². The summed E-state index contributed by atoms with van der Waals surface area (Å²) in [6.07, 6.45) is 0. The van der Waals surface area contributed by atoms with Crippen LogP contribution in [-0.4, -0.2) is 41.2 Å². The van der Waals surface area contributed by atoms with Crippen molar-refractivity contribution in [2.45, 2.75) is 6.54 Å². The Balaban J connectivity index is 1.47. The predicted octanol–water partition coefficient (Wildman–Crippen LogP) is 4.09. The minimum Gasteiger partial charge on any atom is -0.489 e. The summed E-state index contributed by atoms with van der Waals surface area (Å²) in [7, 11) is 1.89. The Kier molecular flexibility index (Phi) is 6.91. The average Bonchev–Trinajstić information content (AvgIpc) is 3.14. The number of nitrogens with zero attached hydrogens (tertiary/aromatic N) is 3. The fourth-order valence-electron chi connectivity index (χ4n) is 2.31. The number of hydrogen-bond donors (Lipinski definition) is 1. The number of para-hydroxylation sites is 1. The molecule has 0 aliphatic heterocycles. The third-order valence-electron chi connectivity index (χ3n) is 3.74. The molecule has 1 amide bonds. The fourth-order valence-corrected chi connectivity index (χ4v) is 3.25. The van der Waals surface area contributed by atoms with Gasteiger partial charge in [0.2, 0.25) is 5.01 Å². The van der Waals surface area contributed by atoms with E-state index in [-0.39, 0.29) is 22.5 Å². The fraction of sp³-hybridized carbons (Fsp3) is 0.211. The number of amides is 1. The van der Waals surface area contributed by atoms with E-state index in [1.165, 1.54) is 17.4 Å². The largest absolute Gasteiger partial charge is 0.489 e. The molecule has 0 bridgehead atoms. The zero-order valence-electron chi connectivity index (χ0n) is 15.1. The first kappa shape index (κ1) is 20.2. The van der Waals surface area contributed by atoms with Gasteiger partial charge in [-0.15, -0.1) is 10.2 Å². The van der Waals surface area contributed by atoms with Gasteiger partial charge in [0.1, 0.15) is 11.6 Å². The van der Waals surface area contributed by atoms with Gasteiger partial charge in [0.15, 0.2) is 11.6 Å². The molecule has 2 aromatic carbocycles. The Morgan fingerprint density at radius 2 is 1.96 bits per heavy atom. The van der Waals surface area contributed by atoms with Crippen LogP contribution in [0.1, 0.15) is 14.8 Å². The molecule has 0 unspecified atom stereocenters. The quantitative estimate of drug-likeness (QED) is 0.594. The highest BCUT2D eigenvalue weighted by Gasteiger charge is 2.14. The van der Waals surface area contributed by atoms with E-state index in [1.54, 1.807) is 42.5 Å². The van der Waals surface area contributed by atoms with Crippen LogP contribution in [0.2, 0.25) is 5.02 Å². The number of nitrogens with one attached hydrogen (secondary N) is 1. The molecule has 3 aromatic rings. The average molecular weight is 421 g/mol. The molecule has 1 N–H and O–H groups in total. The lowest BCUT2D eigenvalue weighted by atomic mass is 10.3. The van der Waals surface area contributed by atoms with E-state index in [2.05, 4.69) is 15.5 Å². The minimum atomic E-state index is -0.384. The van der Waals surface area contributed by atoms with Crippen LogP contribution < -0.4 is 10.1 Å². The molecule has 28 heavy (non-hydrogen) atoms. The Bertz CT molecular complexity index is 936. The Morgan fingerprint density at radius 1 is 1.21 bits per heavy atom. The molecule has 0 atom stereocenters. The first-order valence-corrected chi connectivity index (χ1v) is 9.66. The topological polar surface area (TPSA) is 67.3 Å². The number of benzene rings is 2. The number of hydrogen-bond acceptors (Lipinski definition) is 6. The monoisotopic (exact) mass is 420 g/mol. The lowest BCUT2D eigenvalue weighted by Gasteiger charge is -2.15. The Labute approximate surface area is 170 Å². The van der Waals surface area contributed by atoms with Crippen molar-refractivity contribution in [1.29, 1.82) is 0 Å². The van der Waals surface area contributed by atoms with Crippen LogP contribution in [0.5, 0.6) is 5.75 Å². The Hall–Kier alpha value is -2.55. The van der Waals surface area contributed by atoms with Crippen molar-refractivity contribution < 1.29 is 13.9 Å². The summed E-state index contributed by atoms with van der Waals surface area (Å²) in [6, 6.07) is 13.1. The van der Waals surface area contributed by atoms with Gasteiger partial charge in [0.25, 0.3) is 5.91 Å². The third kappa shape index (κ3) is 5.72. The van der Waals surface area contributed by atoms with Gasteiger partial charge in [-0.2, -0.15) is 0 Å². The normalized spacial score (nSPS) is 10.9. The summed E-state index contributed by atoms with van der Waals surface area (Å²) in [5.74, 6) is -0.477. The second-order valence-electron chi connectivity index (χ2n) is 5.98. The molecule has 1 aromatic heterocycles. The second kappa shape index (κ2) is 9.59. The number of halogens is 2. The van der Waals surface area contributed by atoms with E-state index < -0.39 is 0 Å². The van der Waals surface area contributed by atoms with Gasteiger partial charge in [0.05, 0.1) is 6.54 Å². The number of carbonyl (C=O) groups excluding carboxylic acids is 1. The van der Waals surface area contributed by atoms with E-state index in [1.807, 2.05) is 11.9 Å². The number of likely N-dealkylation sites (N-methyl/N-ethyl adjacent to an activating group) is 1. The lowest BCUT2D eigenvalue weighted by Crippen LogP contribution is -2.24. The molecule has 3 rings (SSSR count). The molecule has 0 saturated heterocycles. The van der Waals surface area contributed by atoms with Crippen molar-refractivity contribution in [2.24, 2.45) is 0 Å². The number of anilines is 1. The molecule has 0 fully saturated rings. The van der Waals surface area contributed by atoms with Gasteiger partial charge in [0, 0.05) is 17.3 Å². The van der Waals surface area contributed by atoms with Crippen LogP contribution in [0.4, 0.5) is 10.1 Å². The van der Waals surface area contributed by atoms with Crippen molar-refractivity contribution in [3.63, 3.8) is 0 Å². The first-order chi connectivity index (χ1) is 13.5. The zero-order valence-corrected chi connectivity index (χ0v) is 16.6. The molecular formula is C19H18ClFN4O2S. The number of carbonyl (C=O) groups is 1. The SMILES string of the molecule is CN(CCOc1ccccc1F)Cc1nnc(C(=O)Nc2ccc(Cl)cc2)s1. The molecular weight excluding hydrogens is 403 g/mol. The molecule has 9 heteroatoms. The van der Waals surface area contributed by atoms with Crippen molar-refractivity contribution >= 4 is 34.5 Å². The molecule has 0 aliphatic carbocycles. The van der Waals surface area contributed by atoms with Crippen molar-refractivity contribution in [1.82, 2.24) is 15.1 Å². The van der Waals surface area contributed by atoms with Crippen molar-refractivity contribution in [3.8, 4) is 5.75 Å². The molecule has 1 heterocycles. The standard InChI is InChI=1S/C19H18ClFN4O2S/c1-25(10-11-27-16-5-3-2-4-15(16)21)12-17-23-24-19(28-17)18(26)22-14-8-6-13(20)7-9-14/h2-9H,10-12H2,1H3,(H,22,26). The molecule has 0 saturated carbocycles. The highest BCUT2D eigenvalue weighted by atomic mass is 35.5. The van der Waals surface area contributed by atoms with Crippen LogP contribution in [0, 0.1) is 5.82 Å². The van der Waals surface area contributed by atoms with Gasteiger partial charge < -0.3 is 10.1 Å². The number of aromatic nitrogens is 2. The summed E-state index contributed by atoms with van der Waals surface area (Å²) < 4.78 is 19.0. The van der Waals surface area contributed by atoms with Crippen LogP contribution in [0.15, 0.2) is 48.5 Å². The van der Waals surface area contributed by atoms with Crippen LogP contribution in [-0.2, 0) is 6.54 Å². The van der Waals surface area contributed by atoms with Gasteiger partial charge in [-0.05, 0) is 43.4 Å². The molecule has 0 aliphatic rings. The van der Waals surface area contributed by atoms with E-state index in [4.69, 9.17) is 16.3 Å². The summed E-state index contributed by atoms with van der Waals surface area (Å²) in [4.78, 5) is 14.2. The smallest absolute Gasteiger partial charge is 0.286 e. The maximum Gasteiger partial charge on any atom is 0.286 e. The second-order valence-corrected chi connectivity index (χ2v) is 7.48. The molecule has 6 nitrogen and oxygen atoms in total. The minimum absolute atomic E-state index is 0.230. The highest BCUT2D eigenvalue weighted by molar-refractivity contribution is 7.13. The van der Waals surface area contributed by atoms with E-state index in [0.29, 0.717) is 35.4 Å². The van der Waals surface area contributed by atoms with Gasteiger partial charge in [-0.1, -0.05) is 35.1 Å². The van der Waals surface area contributed by atoms with E-state index >= 15 is 0 Å². The van der Waals surface area contributed by atoms with E-state index in [0.717, 1.165) is 0 Å². The van der Waals surface area contributed by atoms with Crippen LogP contribution in [0.25, 0.3) is 0 Å². The number of ether oxygens (including phenoxy) is 1. The third-order valence-corrected chi connectivity index (χ3v) is 4.89. The molecule has 0 radical (unpaired) electrons. The lowest BCUT2D eigenvalue weighted by molar-refractivity contribution is 0.102. The summed E-state index contributed by atoms with van der Waals surface area (Å²) in [5.41, 5.74) is 0.633. The zero-order chi connectivity index (χ0) is 19.9. The maximum atomic E-state index is 13.5. The predicted molar refractivity (Wildman–Crippen MR) is 108 cm³/mol. The summed E-state index contributed by atoms with van der Waals surface area (Å²) in [5, 5.41) is 12.3. The van der Waals surface area contributed by atoms with Gasteiger partial charge >= 0.3 is 0 Å². The highest BCUT2D eigenvalue weighted by Crippen LogP contribution is 2.17. The van der Waals surface area contributed by atoms with Gasteiger partial charge in [-0.25, -0.2) is 4.39 Å².